The predicted molar refractivity (Wildman–Crippen MR) is 78.3 cm³/mol. The number of carbonyl (C=O) groups excluding carboxylic acids is 3. The fourth-order valence-electron chi connectivity index (χ4n) is 2.79. The predicted octanol–water partition coefficient (Wildman–Crippen LogP) is 2.02. The molecular formula is C16H20N2O3. The lowest BCUT2D eigenvalue weighted by molar-refractivity contribution is -0.146. The number of aryl methyl sites for hydroxylation is 1. The number of urea groups is 1. The topological polar surface area (TPSA) is 75.3 Å². The Hall–Kier alpha value is -2.17. The zero-order chi connectivity index (χ0) is 15.5. The number of hydrogen-bond acceptors (Lipinski definition) is 3. The highest BCUT2D eigenvalue weighted by Gasteiger charge is 2.49. The van der Waals surface area contributed by atoms with Crippen molar-refractivity contribution in [3.8, 4) is 0 Å². The Kier molecular flexibility index (Phi) is 4.40. The van der Waals surface area contributed by atoms with Crippen LogP contribution in [0.25, 0.3) is 0 Å². The van der Waals surface area contributed by atoms with Gasteiger partial charge in [-0.2, -0.15) is 0 Å². The standard InChI is InChI=1S/C16H20N2O3/c1-11(2)10-16(9-8-12-6-4-3-5-7-12)13(19)17-15(21)18-14(16)20/h3-7,11H,8-10H2,1-2H3,(H2,17,18,19,20,21). The molecule has 1 saturated heterocycles. The second-order valence-electron chi connectivity index (χ2n) is 5.90. The van der Waals surface area contributed by atoms with Gasteiger partial charge in [0.2, 0.25) is 11.8 Å². The Morgan fingerprint density at radius 1 is 1.00 bits per heavy atom. The van der Waals surface area contributed by atoms with E-state index in [1.807, 2.05) is 44.2 Å². The monoisotopic (exact) mass is 288 g/mol. The van der Waals surface area contributed by atoms with Gasteiger partial charge in [-0.15, -0.1) is 0 Å². The van der Waals surface area contributed by atoms with E-state index in [-0.39, 0.29) is 5.92 Å². The number of rotatable bonds is 5. The lowest BCUT2D eigenvalue weighted by Gasteiger charge is -2.35. The van der Waals surface area contributed by atoms with Crippen LogP contribution in [0, 0.1) is 11.3 Å². The van der Waals surface area contributed by atoms with E-state index in [9.17, 15) is 14.4 Å². The molecule has 0 spiro atoms. The first-order valence-corrected chi connectivity index (χ1v) is 7.15. The Morgan fingerprint density at radius 3 is 2.10 bits per heavy atom. The third kappa shape index (κ3) is 3.29. The van der Waals surface area contributed by atoms with Crippen molar-refractivity contribution in [1.29, 1.82) is 0 Å². The summed E-state index contributed by atoms with van der Waals surface area (Å²) in [5.74, 6) is -0.799. The van der Waals surface area contributed by atoms with Crippen molar-refractivity contribution < 1.29 is 14.4 Å². The maximum atomic E-state index is 12.3. The van der Waals surface area contributed by atoms with Crippen molar-refractivity contribution in [2.24, 2.45) is 11.3 Å². The van der Waals surface area contributed by atoms with Crippen LogP contribution >= 0.6 is 0 Å². The smallest absolute Gasteiger partial charge is 0.277 e. The van der Waals surface area contributed by atoms with Crippen LogP contribution in [-0.2, 0) is 16.0 Å². The van der Waals surface area contributed by atoms with Crippen molar-refractivity contribution in [1.82, 2.24) is 10.6 Å². The molecule has 0 aromatic heterocycles. The number of imide groups is 2. The van der Waals surface area contributed by atoms with Gasteiger partial charge in [-0.25, -0.2) is 4.79 Å². The van der Waals surface area contributed by atoms with E-state index in [4.69, 9.17) is 0 Å². The zero-order valence-corrected chi connectivity index (χ0v) is 12.3. The van der Waals surface area contributed by atoms with Crippen LogP contribution in [0.15, 0.2) is 30.3 Å². The first-order valence-electron chi connectivity index (χ1n) is 7.15. The summed E-state index contributed by atoms with van der Waals surface area (Å²) in [6, 6.07) is 8.97. The van der Waals surface area contributed by atoms with E-state index in [0.717, 1.165) is 5.56 Å². The van der Waals surface area contributed by atoms with Gasteiger partial charge in [-0.3, -0.25) is 20.2 Å². The summed E-state index contributed by atoms with van der Waals surface area (Å²) in [7, 11) is 0. The minimum absolute atomic E-state index is 0.172. The van der Waals surface area contributed by atoms with Gasteiger partial charge in [-0.05, 0) is 30.7 Å². The summed E-state index contributed by atoms with van der Waals surface area (Å²) in [6.07, 6.45) is 1.42. The van der Waals surface area contributed by atoms with Gasteiger partial charge in [0.25, 0.3) is 0 Å². The molecule has 112 valence electrons. The van der Waals surface area contributed by atoms with Crippen LogP contribution < -0.4 is 10.6 Å². The van der Waals surface area contributed by atoms with Crippen LogP contribution in [0.5, 0.6) is 0 Å². The Balaban J connectivity index is 2.22. The number of amides is 4. The molecule has 1 aromatic rings. The summed E-state index contributed by atoms with van der Waals surface area (Å²) in [4.78, 5) is 35.9. The highest BCUT2D eigenvalue weighted by molar-refractivity contribution is 6.19. The number of carbonyl (C=O) groups is 3. The minimum Gasteiger partial charge on any atom is -0.277 e. The molecule has 0 atom stereocenters. The first kappa shape index (κ1) is 15.2. The second-order valence-corrected chi connectivity index (χ2v) is 5.90. The van der Waals surface area contributed by atoms with E-state index in [1.54, 1.807) is 0 Å². The van der Waals surface area contributed by atoms with Gasteiger partial charge in [-0.1, -0.05) is 44.2 Å². The van der Waals surface area contributed by atoms with E-state index >= 15 is 0 Å². The number of hydrogen-bond donors (Lipinski definition) is 2. The van der Waals surface area contributed by atoms with Crippen LogP contribution in [0.2, 0.25) is 0 Å². The molecule has 0 saturated carbocycles. The lowest BCUT2D eigenvalue weighted by Crippen LogP contribution is -2.62. The molecule has 21 heavy (non-hydrogen) atoms. The Bertz CT molecular complexity index is 532. The molecule has 1 aliphatic rings. The molecule has 4 amide bonds. The fourth-order valence-corrected chi connectivity index (χ4v) is 2.79. The minimum atomic E-state index is -1.17. The molecule has 5 heteroatoms. The summed E-state index contributed by atoms with van der Waals surface area (Å²) >= 11 is 0. The average Bonchev–Trinajstić information content (AvgIpc) is 2.42. The van der Waals surface area contributed by atoms with Gasteiger partial charge in [0.15, 0.2) is 0 Å². The van der Waals surface area contributed by atoms with E-state index < -0.39 is 23.3 Å². The maximum Gasteiger partial charge on any atom is 0.328 e. The van der Waals surface area contributed by atoms with E-state index in [1.165, 1.54) is 0 Å². The summed E-state index contributed by atoms with van der Waals surface area (Å²) in [5.41, 5.74) is -0.101. The molecule has 1 aliphatic heterocycles. The Labute approximate surface area is 124 Å². The van der Waals surface area contributed by atoms with Gasteiger partial charge in [0.1, 0.15) is 5.41 Å². The zero-order valence-electron chi connectivity index (χ0n) is 12.3. The highest BCUT2D eigenvalue weighted by Crippen LogP contribution is 2.34. The molecule has 0 bridgehead atoms. The molecule has 2 rings (SSSR count). The maximum absolute atomic E-state index is 12.3. The molecule has 0 aliphatic carbocycles. The molecule has 1 heterocycles. The molecular weight excluding hydrogens is 268 g/mol. The third-order valence-corrected chi connectivity index (χ3v) is 3.76. The van der Waals surface area contributed by atoms with Crippen molar-refractivity contribution in [3.63, 3.8) is 0 Å². The largest absolute Gasteiger partial charge is 0.328 e. The Morgan fingerprint density at radius 2 is 1.57 bits per heavy atom. The van der Waals surface area contributed by atoms with Gasteiger partial charge in [0.05, 0.1) is 0 Å². The molecule has 1 fully saturated rings. The van der Waals surface area contributed by atoms with Gasteiger partial charge < -0.3 is 0 Å². The number of nitrogens with one attached hydrogen (secondary N) is 2. The van der Waals surface area contributed by atoms with Crippen molar-refractivity contribution in [2.45, 2.75) is 33.1 Å². The second kappa shape index (κ2) is 6.08. The van der Waals surface area contributed by atoms with Crippen molar-refractivity contribution in [3.05, 3.63) is 35.9 Å². The fraction of sp³-hybridized carbons (Fsp3) is 0.438. The average molecular weight is 288 g/mol. The van der Waals surface area contributed by atoms with E-state index in [0.29, 0.717) is 19.3 Å². The SMILES string of the molecule is CC(C)CC1(CCc2ccccc2)C(=O)NC(=O)NC1=O. The molecule has 0 radical (unpaired) electrons. The van der Waals surface area contributed by atoms with Gasteiger partial charge in [0, 0.05) is 0 Å². The quantitative estimate of drug-likeness (QED) is 0.814. The lowest BCUT2D eigenvalue weighted by atomic mass is 9.73. The molecule has 0 unspecified atom stereocenters. The van der Waals surface area contributed by atoms with Crippen LogP contribution in [0.1, 0.15) is 32.3 Å². The summed E-state index contributed by atoms with van der Waals surface area (Å²) in [5, 5.41) is 4.46. The van der Waals surface area contributed by atoms with Crippen molar-refractivity contribution in [2.75, 3.05) is 0 Å². The summed E-state index contributed by atoms with van der Waals surface area (Å²) in [6.45, 7) is 3.92. The summed E-state index contributed by atoms with van der Waals surface area (Å²) < 4.78 is 0. The van der Waals surface area contributed by atoms with Crippen LogP contribution in [0.3, 0.4) is 0 Å². The highest BCUT2D eigenvalue weighted by atomic mass is 16.2. The normalized spacial score (nSPS) is 17.6. The van der Waals surface area contributed by atoms with Gasteiger partial charge >= 0.3 is 6.03 Å². The van der Waals surface area contributed by atoms with Crippen molar-refractivity contribution >= 4 is 17.8 Å². The van der Waals surface area contributed by atoms with Crippen LogP contribution in [0.4, 0.5) is 4.79 Å². The number of benzene rings is 1. The third-order valence-electron chi connectivity index (χ3n) is 3.76. The first-order chi connectivity index (χ1) is 9.94. The molecule has 2 N–H and O–H groups in total. The molecule has 1 aromatic carbocycles. The van der Waals surface area contributed by atoms with E-state index in [2.05, 4.69) is 10.6 Å². The number of barbiturate groups is 1. The van der Waals surface area contributed by atoms with Crippen LogP contribution in [-0.4, -0.2) is 17.8 Å². The molecule has 5 nitrogen and oxygen atoms in total.